The molecule has 5 aromatic rings. The molecule has 9 rings (SSSR count). The summed E-state index contributed by atoms with van der Waals surface area (Å²) in [6.45, 7) is 7.50. The number of piperidine rings is 2. The number of hydrogen-bond donors (Lipinski definition) is 4. The molecule has 5 heterocycles. The highest BCUT2D eigenvalue weighted by atomic mass is 35.5. The van der Waals surface area contributed by atoms with Gasteiger partial charge in [-0.1, -0.05) is 87.3 Å². The molecular formula is C45H49Cl2N9O6. The number of methoxy groups -OCH3 is 1. The Bertz CT molecular complexity index is 2590. The van der Waals surface area contributed by atoms with Crippen LogP contribution in [0.25, 0.3) is 44.7 Å². The predicted octanol–water partition coefficient (Wildman–Crippen LogP) is 8.33. The van der Waals surface area contributed by atoms with Gasteiger partial charge >= 0.3 is 12.2 Å². The first-order valence-corrected chi connectivity index (χ1v) is 21.9. The SMILES string of the molecule is COC(=O)N[C@H](C(=O)N1[C@@H]2C[C@@H]2C[C@H]1c1nc(-c2ccc(-c3ccc4nc(-c5nc([C@@H]6C[C@H]7C[C@H]7N6C(=O)[C@H](C(C)C)N(C)C(=O)O)[nH]c5Cl)ccc4c3)cc2)c(Cl)[nH]1)C(C)C. The van der Waals surface area contributed by atoms with Crippen LogP contribution in [0.4, 0.5) is 9.59 Å². The van der Waals surface area contributed by atoms with Crippen molar-refractivity contribution >= 4 is 58.1 Å². The minimum atomic E-state index is -1.14. The van der Waals surface area contributed by atoms with Crippen LogP contribution in [0, 0.1) is 23.7 Å². The van der Waals surface area contributed by atoms with E-state index in [0.717, 1.165) is 58.2 Å². The number of nitrogens with zero attached hydrogens (tertiary/aromatic N) is 6. The topological polar surface area (TPSA) is 190 Å². The molecule has 2 aliphatic heterocycles. The smallest absolute Gasteiger partial charge is 0.407 e. The zero-order valence-corrected chi connectivity index (χ0v) is 36.7. The first kappa shape index (κ1) is 41.7. The van der Waals surface area contributed by atoms with Crippen LogP contribution in [0.15, 0.2) is 54.6 Å². The molecule has 2 aliphatic carbocycles. The van der Waals surface area contributed by atoms with Gasteiger partial charge in [0.05, 0.1) is 30.4 Å². The number of amides is 4. The lowest BCUT2D eigenvalue weighted by atomic mass is 10.0. The normalized spacial score (nSPS) is 23.3. The number of aromatic amines is 2. The number of H-pyrrole nitrogens is 2. The molecule has 2 saturated heterocycles. The van der Waals surface area contributed by atoms with Crippen molar-refractivity contribution in [2.24, 2.45) is 23.7 Å². The number of benzene rings is 2. The van der Waals surface area contributed by atoms with Gasteiger partial charge in [0.15, 0.2) is 0 Å². The van der Waals surface area contributed by atoms with Crippen LogP contribution >= 0.6 is 23.2 Å². The van der Waals surface area contributed by atoms with E-state index >= 15 is 0 Å². The van der Waals surface area contributed by atoms with Gasteiger partial charge in [-0.3, -0.25) is 14.5 Å². The Labute approximate surface area is 368 Å². The van der Waals surface area contributed by atoms with Crippen molar-refractivity contribution in [2.45, 2.75) is 89.6 Å². The summed E-state index contributed by atoms with van der Waals surface area (Å²) < 4.78 is 4.80. The number of ether oxygens (including phenoxy) is 1. The molecule has 0 spiro atoms. The second-order valence-corrected chi connectivity index (χ2v) is 18.6. The molecule has 4 N–H and O–H groups in total. The quantitative estimate of drug-likeness (QED) is 0.101. The number of likely N-dealkylation sites (N-methyl/N-ethyl adjacent to an activating group) is 1. The van der Waals surface area contributed by atoms with Crippen LogP contribution < -0.4 is 5.32 Å². The minimum absolute atomic E-state index is 0.0586. The summed E-state index contributed by atoms with van der Waals surface area (Å²) >= 11 is 13.5. The number of rotatable bonds is 11. The minimum Gasteiger partial charge on any atom is -0.465 e. The zero-order valence-electron chi connectivity index (χ0n) is 35.2. The van der Waals surface area contributed by atoms with E-state index in [-0.39, 0.29) is 47.8 Å². The summed E-state index contributed by atoms with van der Waals surface area (Å²) in [5.41, 5.74) is 5.23. The van der Waals surface area contributed by atoms with E-state index in [1.165, 1.54) is 14.2 Å². The van der Waals surface area contributed by atoms with Crippen molar-refractivity contribution in [3.63, 3.8) is 0 Å². The average Bonchev–Trinajstić information content (AvgIpc) is 3.96. The van der Waals surface area contributed by atoms with Gasteiger partial charge in [-0.05, 0) is 78.7 Å². The average molecular weight is 883 g/mol. The molecule has 2 saturated carbocycles. The third-order valence-electron chi connectivity index (χ3n) is 13.1. The summed E-state index contributed by atoms with van der Waals surface area (Å²) in [4.78, 5) is 77.7. The van der Waals surface area contributed by atoms with Crippen molar-refractivity contribution in [1.82, 2.24) is 44.9 Å². The summed E-state index contributed by atoms with van der Waals surface area (Å²) in [6, 6.07) is 15.9. The van der Waals surface area contributed by atoms with Crippen molar-refractivity contribution in [1.29, 1.82) is 0 Å². The van der Waals surface area contributed by atoms with E-state index in [9.17, 15) is 24.3 Å². The number of imidazole rings is 2. The number of fused-ring (bicyclic) bond motifs is 3. The number of carbonyl (C=O) groups is 4. The van der Waals surface area contributed by atoms with Gasteiger partial charge in [-0.2, -0.15) is 0 Å². The Hall–Kier alpha value is -5.67. The third-order valence-corrected chi connectivity index (χ3v) is 13.7. The molecule has 4 amide bonds. The van der Waals surface area contributed by atoms with Gasteiger partial charge < -0.3 is 34.9 Å². The van der Waals surface area contributed by atoms with E-state index in [1.54, 1.807) is 0 Å². The number of nitrogens with one attached hydrogen (secondary N) is 3. The second kappa shape index (κ2) is 15.9. The van der Waals surface area contributed by atoms with Gasteiger partial charge in [0, 0.05) is 30.1 Å². The van der Waals surface area contributed by atoms with Gasteiger partial charge in [0.25, 0.3) is 0 Å². The van der Waals surface area contributed by atoms with Gasteiger partial charge in [-0.25, -0.2) is 24.5 Å². The van der Waals surface area contributed by atoms with E-state index in [4.69, 9.17) is 42.9 Å². The molecule has 8 atom stereocenters. The lowest BCUT2D eigenvalue weighted by Crippen LogP contribution is -2.52. The van der Waals surface area contributed by atoms with Gasteiger partial charge in [-0.15, -0.1) is 0 Å². The highest BCUT2D eigenvalue weighted by Gasteiger charge is 2.58. The summed E-state index contributed by atoms with van der Waals surface area (Å²) in [7, 11) is 2.73. The van der Waals surface area contributed by atoms with Crippen LogP contribution in [-0.2, 0) is 14.3 Å². The maximum absolute atomic E-state index is 13.9. The van der Waals surface area contributed by atoms with Crippen molar-refractivity contribution in [3.05, 3.63) is 76.6 Å². The lowest BCUT2D eigenvalue weighted by molar-refractivity contribution is -0.140. The van der Waals surface area contributed by atoms with E-state index in [0.29, 0.717) is 50.9 Å². The van der Waals surface area contributed by atoms with E-state index in [2.05, 4.69) is 21.4 Å². The Morgan fingerprint density at radius 3 is 1.90 bits per heavy atom. The molecule has 2 aromatic carbocycles. The fraction of sp³-hybridized carbons (Fsp3) is 0.444. The van der Waals surface area contributed by atoms with Gasteiger partial charge in [0.2, 0.25) is 11.8 Å². The number of halogens is 2. The summed E-state index contributed by atoms with van der Waals surface area (Å²) in [6.07, 6.45) is 1.54. The Kier molecular flexibility index (Phi) is 10.7. The molecule has 0 bridgehead atoms. The number of aromatic nitrogens is 5. The molecule has 4 aliphatic rings. The number of alkyl carbamates (subject to hydrolysis) is 1. The summed E-state index contributed by atoms with van der Waals surface area (Å²) in [5.74, 6) is 1.21. The predicted molar refractivity (Wildman–Crippen MR) is 233 cm³/mol. The fourth-order valence-electron chi connectivity index (χ4n) is 9.74. The maximum atomic E-state index is 13.9. The largest absolute Gasteiger partial charge is 0.465 e. The van der Waals surface area contributed by atoms with Crippen molar-refractivity contribution in [2.75, 3.05) is 14.2 Å². The first-order valence-electron chi connectivity index (χ1n) is 21.1. The standard InChI is InChI=1S/C45H49Cl2N9O6/c1-20(2)34(51-44(59)62-6)42(57)55-30-16-26(30)18-32(55)40-49-35(38(46)52-40)23-9-7-22(8-10-23)24-11-13-28-25(15-24)12-14-29(48-28)36-39(47)53-41(50-36)33-19-27-17-31(27)56(33)43(58)37(21(3)4)54(5)45(60)61/h7-15,20-21,26-27,30-34,37H,16-19H2,1-6H3,(H,49,52)(H,50,53)(H,51,59)(H,60,61)/t26-,27-,30-,31-,32+,33+,34+,37+/m1/s1. The molecular weight excluding hydrogens is 833 g/mol. The molecule has 324 valence electrons. The zero-order chi connectivity index (χ0) is 43.9. The van der Waals surface area contributed by atoms with Crippen molar-refractivity contribution in [3.8, 4) is 33.8 Å². The van der Waals surface area contributed by atoms with E-state index in [1.807, 2.05) is 86.0 Å². The Morgan fingerprint density at radius 1 is 0.758 bits per heavy atom. The highest BCUT2D eigenvalue weighted by molar-refractivity contribution is 6.32. The monoisotopic (exact) mass is 881 g/mol. The van der Waals surface area contributed by atoms with Crippen LogP contribution in [0.2, 0.25) is 10.3 Å². The van der Waals surface area contributed by atoms with Crippen molar-refractivity contribution < 1.29 is 29.0 Å². The number of likely N-dealkylation sites (tertiary alicyclic amines) is 2. The Morgan fingerprint density at radius 2 is 1.32 bits per heavy atom. The van der Waals surface area contributed by atoms with Crippen LogP contribution in [0.3, 0.4) is 0 Å². The third kappa shape index (κ3) is 7.42. The number of carboxylic acid groups (broad SMARTS) is 1. The number of hydrogen-bond acceptors (Lipinski definition) is 8. The molecule has 4 fully saturated rings. The van der Waals surface area contributed by atoms with E-state index < -0.39 is 24.3 Å². The molecule has 0 unspecified atom stereocenters. The second-order valence-electron chi connectivity index (χ2n) is 17.8. The van der Waals surface area contributed by atoms with Crippen LogP contribution in [0.1, 0.15) is 77.1 Å². The first-order chi connectivity index (χ1) is 29.6. The maximum Gasteiger partial charge on any atom is 0.407 e. The molecule has 15 nitrogen and oxygen atoms in total. The highest BCUT2D eigenvalue weighted by Crippen LogP contribution is 2.55. The molecule has 17 heteroatoms. The molecule has 0 radical (unpaired) electrons. The molecule has 3 aromatic heterocycles. The van der Waals surface area contributed by atoms with Gasteiger partial charge in [0.1, 0.15) is 45.4 Å². The van der Waals surface area contributed by atoms with Crippen LogP contribution in [-0.4, -0.2) is 107 Å². The number of carbonyl (C=O) groups excluding carboxylic acids is 3. The fourth-order valence-corrected chi connectivity index (χ4v) is 10.2. The Balaban J connectivity index is 0.911. The molecule has 62 heavy (non-hydrogen) atoms. The van der Waals surface area contributed by atoms with Crippen LogP contribution in [0.5, 0.6) is 0 Å². The lowest BCUT2D eigenvalue weighted by Gasteiger charge is -2.35. The number of pyridine rings is 1. The summed E-state index contributed by atoms with van der Waals surface area (Å²) in [5, 5.41) is 14.1.